The maximum atomic E-state index is 13.8. The predicted octanol–water partition coefficient (Wildman–Crippen LogP) is 3.93. The number of nitrogens with one attached hydrogen (secondary N) is 2. The fraction of sp³-hybridized carbons (Fsp3) is 0.242. The second-order valence-electron chi connectivity index (χ2n) is 10.4. The van der Waals surface area contributed by atoms with E-state index in [4.69, 9.17) is 10.3 Å². The van der Waals surface area contributed by atoms with E-state index in [0.29, 0.717) is 40.8 Å². The van der Waals surface area contributed by atoms with E-state index in [1.165, 1.54) is 16.9 Å². The van der Waals surface area contributed by atoms with Crippen LogP contribution in [0.1, 0.15) is 67.9 Å². The normalized spacial score (nSPS) is 12.2. The standard InChI is InChI=1S/C33H36N8O5/c1-7-26(40(5)24-13-11-21(12-14-24)28-19(2)46-41(6)33(28)45)29-25(18-42)36-20(3)37-30(29)32(44)38-23-10-8-9-22(17-23)31(43)39-27(34)15-16-35-4/h8-18,26,35H,7H2,1-6H3,(H,38,44)(H2,34,39,43)/b16-15-/t26-/m1/s1. The minimum absolute atomic E-state index is 0.0153. The summed E-state index contributed by atoms with van der Waals surface area (Å²) < 4.78 is 6.61. The molecule has 0 aliphatic carbocycles. The van der Waals surface area contributed by atoms with Gasteiger partial charge in [0.1, 0.15) is 28.8 Å². The molecule has 0 aliphatic rings. The Balaban J connectivity index is 1.67. The lowest BCUT2D eigenvalue weighted by molar-refractivity contribution is 0.0996. The molecular weight excluding hydrogens is 588 g/mol. The van der Waals surface area contributed by atoms with Crippen molar-refractivity contribution in [2.45, 2.75) is 33.2 Å². The van der Waals surface area contributed by atoms with Crippen LogP contribution in [0.25, 0.3) is 11.1 Å². The van der Waals surface area contributed by atoms with Gasteiger partial charge in [-0.15, -0.1) is 0 Å². The summed E-state index contributed by atoms with van der Waals surface area (Å²) in [5.74, 6) is -0.392. The summed E-state index contributed by atoms with van der Waals surface area (Å²) in [7, 11) is 5.09. The van der Waals surface area contributed by atoms with Crippen LogP contribution in [-0.4, -0.2) is 52.7 Å². The molecule has 2 aromatic carbocycles. The van der Waals surface area contributed by atoms with Crippen LogP contribution in [0, 0.1) is 13.8 Å². The molecule has 0 unspecified atom stereocenters. The van der Waals surface area contributed by atoms with Gasteiger partial charge in [-0.25, -0.2) is 9.97 Å². The molecule has 0 fully saturated rings. The van der Waals surface area contributed by atoms with Gasteiger partial charge in [-0.05, 0) is 68.4 Å². The summed E-state index contributed by atoms with van der Waals surface area (Å²) in [6.07, 6.45) is 4.10. The fourth-order valence-corrected chi connectivity index (χ4v) is 5.14. The quantitative estimate of drug-likeness (QED) is 0.126. The van der Waals surface area contributed by atoms with E-state index in [-0.39, 0.29) is 34.2 Å². The fourth-order valence-electron chi connectivity index (χ4n) is 5.14. The Morgan fingerprint density at radius 2 is 1.87 bits per heavy atom. The Labute approximate surface area is 265 Å². The number of hydrogen-bond donors (Lipinski definition) is 3. The number of rotatable bonds is 11. The molecule has 4 N–H and O–H groups in total. The molecule has 2 aromatic heterocycles. The highest BCUT2D eigenvalue weighted by Crippen LogP contribution is 2.33. The summed E-state index contributed by atoms with van der Waals surface area (Å²) in [6.45, 7) is 5.26. The first-order chi connectivity index (χ1) is 22.0. The van der Waals surface area contributed by atoms with Crippen LogP contribution in [0.3, 0.4) is 0 Å². The van der Waals surface area contributed by atoms with Gasteiger partial charge in [0.15, 0.2) is 6.29 Å². The Kier molecular flexibility index (Phi) is 10.3. The number of nitrogens with two attached hydrogens (primary N) is 1. The Hall–Kier alpha value is -5.85. The predicted molar refractivity (Wildman–Crippen MR) is 176 cm³/mol. The number of benzene rings is 2. The number of aromatic nitrogens is 3. The lowest BCUT2D eigenvalue weighted by atomic mass is 9.97. The first-order valence-corrected chi connectivity index (χ1v) is 14.5. The molecule has 4 aromatic rings. The number of aldehydes is 1. The molecule has 2 amide bonds. The Bertz CT molecular complexity index is 1890. The first kappa shape index (κ1) is 33.1. The van der Waals surface area contributed by atoms with Crippen LogP contribution < -0.4 is 26.8 Å². The SMILES string of the molecule is CC[C@H](c1c(C=O)nc(C)nc1C(=O)Nc1cccc(C(=O)N=C(N)/C=C\NC)c1)N(C)c1ccc(-c2c(C)on(C)c2=O)cc1. The highest BCUT2D eigenvalue weighted by atomic mass is 16.5. The third-order valence-corrected chi connectivity index (χ3v) is 7.31. The summed E-state index contributed by atoms with van der Waals surface area (Å²) in [5.41, 5.74) is 8.50. The number of hydrogen-bond acceptors (Lipinski definition) is 9. The van der Waals surface area contributed by atoms with Crippen molar-refractivity contribution in [2.75, 3.05) is 24.3 Å². The van der Waals surface area contributed by atoms with Crippen molar-refractivity contribution >= 4 is 35.3 Å². The summed E-state index contributed by atoms with van der Waals surface area (Å²) in [6, 6.07) is 13.1. The smallest absolute Gasteiger partial charge is 0.290 e. The zero-order valence-corrected chi connectivity index (χ0v) is 26.5. The van der Waals surface area contributed by atoms with E-state index in [2.05, 4.69) is 25.6 Å². The zero-order valence-electron chi connectivity index (χ0n) is 26.5. The van der Waals surface area contributed by atoms with Crippen LogP contribution in [0.15, 0.2) is 75.1 Å². The zero-order chi connectivity index (χ0) is 33.5. The lowest BCUT2D eigenvalue weighted by Gasteiger charge is -2.31. The molecule has 0 radical (unpaired) electrons. The Morgan fingerprint density at radius 3 is 2.48 bits per heavy atom. The molecule has 0 bridgehead atoms. The topological polar surface area (TPSA) is 178 Å². The maximum absolute atomic E-state index is 13.8. The lowest BCUT2D eigenvalue weighted by Crippen LogP contribution is -2.29. The van der Waals surface area contributed by atoms with Gasteiger partial charge in [0.25, 0.3) is 17.4 Å². The van der Waals surface area contributed by atoms with Gasteiger partial charge < -0.3 is 25.8 Å². The molecule has 13 nitrogen and oxygen atoms in total. The van der Waals surface area contributed by atoms with Gasteiger partial charge in [0.2, 0.25) is 0 Å². The number of carbonyl (C=O) groups excluding carboxylic acids is 3. The molecule has 4 rings (SSSR count). The van der Waals surface area contributed by atoms with E-state index in [1.807, 2.05) is 43.1 Å². The van der Waals surface area contributed by atoms with Crippen molar-refractivity contribution in [1.82, 2.24) is 20.0 Å². The molecule has 0 saturated carbocycles. The number of carbonyl (C=O) groups is 3. The van der Waals surface area contributed by atoms with E-state index in [1.54, 1.807) is 52.3 Å². The van der Waals surface area contributed by atoms with E-state index in [9.17, 15) is 19.2 Å². The van der Waals surface area contributed by atoms with E-state index < -0.39 is 17.9 Å². The van der Waals surface area contributed by atoms with Crippen molar-refractivity contribution in [1.29, 1.82) is 0 Å². The van der Waals surface area contributed by atoms with Crippen LogP contribution in [-0.2, 0) is 7.05 Å². The van der Waals surface area contributed by atoms with Crippen molar-refractivity contribution in [3.05, 3.63) is 105 Å². The van der Waals surface area contributed by atoms with Crippen molar-refractivity contribution in [3.8, 4) is 11.1 Å². The summed E-state index contributed by atoms with van der Waals surface area (Å²) in [5, 5.41) is 5.56. The summed E-state index contributed by atoms with van der Waals surface area (Å²) in [4.78, 5) is 65.8. The molecule has 0 aliphatic heterocycles. The second-order valence-corrected chi connectivity index (χ2v) is 10.4. The molecule has 2 heterocycles. The minimum atomic E-state index is -0.585. The largest absolute Gasteiger partial charge is 0.394 e. The van der Waals surface area contributed by atoms with Gasteiger partial charge >= 0.3 is 0 Å². The average molecular weight is 625 g/mol. The monoisotopic (exact) mass is 624 g/mol. The van der Waals surface area contributed by atoms with Gasteiger partial charge in [0.05, 0.1) is 11.6 Å². The number of amides is 2. The van der Waals surface area contributed by atoms with Crippen molar-refractivity contribution in [3.63, 3.8) is 0 Å². The van der Waals surface area contributed by atoms with Gasteiger partial charge in [-0.3, -0.25) is 19.2 Å². The van der Waals surface area contributed by atoms with Gasteiger partial charge in [-0.1, -0.05) is 25.1 Å². The molecule has 13 heteroatoms. The van der Waals surface area contributed by atoms with Gasteiger partial charge in [0, 0.05) is 43.6 Å². The van der Waals surface area contributed by atoms with Gasteiger partial charge in [-0.2, -0.15) is 9.73 Å². The highest BCUT2D eigenvalue weighted by Gasteiger charge is 2.28. The van der Waals surface area contributed by atoms with E-state index in [0.717, 1.165) is 5.69 Å². The number of aryl methyl sites for hydroxylation is 3. The first-order valence-electron chi connectivity index (χ1n) is 14.5. The molecular formula is C33H36N8O5. The van der Waals surface area contributed by atoms with Crippen LogP contribution in [0.5, 0.6) is 0 Å². The number of aliphatic imine (C=N–C) groups is 1. The average Bonchev–Trinajstić information content (AvgIpc) is 3.30. The van der Waals surface area contributed by atoms with Crippen LogP contribution in [0.4, 0.5) is 11.4 Å². The van der Waals surface area contributed by atoms with Crippen molar-refractivity contribution < 1.29 is 18.9 Å². The molecule has 0 saturated heterocycles. The second kappa shape index (κ2) is 14.3. The van der Waals surface area contributed by atoms with Crippen LogP contribution in [0.2, 0.25) is 0 Å². The minimum Gasteiger partial charge on any atom is -0.394 e. The molecule has 46 heavy (non-hydrogen) atoms. The third-order valence-electron chi connectivity index (χ3n) is 7.31. The van der Waals surface area contributed by atoms with Crippen LogP contribution >= 0.6 is 0 Å². The molecule has 1 atom stereocenters. The van der Waals surface area contributed by atoms with E-state index >= 15 is 0 Å². The highest BCUT2D eigenvalue weighted by molar-refractivity contribution is 6.08. The van der Waals surface area contributed by atoms with Crippen molar-refractivity contribution in [2.24, 2.45) is 17.8 Å². The maximum Gasteiger partial charge on any atom is 0.290 e. The molecule has 238 valence electrons. The number of anilines is 2. The Morgan fingerprint density at radius 1 is 1.15 bits per heavy atom. The summed E-state index contributed by atoms with van der Waals surface area (Å²) >= 11 is 0. The number of nitrogens with zero attached hydrogens (tertiary/aromatic N) is 5. The third kappa shape index (κ3) is 7.09. The molecule has 0 spiro atoms. The number of amidine groups is 1.